The SMILES string of the molecule is CCCCCCCCCCCCC(CC)CN. The highest BCUT2D eigenvalue weighted by Crippen LogP contribution is 2.14. The van der Waals surface area contributed by atoms with E-state index in [9.17, 15) is 0 Å². The summed E-state index contributed by atoms with van der Waals surface area (Å²) in [5.41, 5.74) is 5.70. The number of hydrogen-bond acceptors (Lipinski definition) is 1. The summed E-state index contributed by atoms with van der Waals surface area (Å²) >= 11 is 0. The van der Waals surface area contributed by atoms with Crippen LogP contribution in [0.25, 0.3) is 0 Å². The van der Waals surface area contributed by atoms with Crippen LogP contribution in [0.4, 0.5) is 0 Å². The Morgan fingerprint density at radius 2 is 1.18 bits per heavy atom. The fourth-order valence-electron chi connectivity index (χ4n) is 2.41. The quantitative estimate of drug-likeness (QED) is 0.436. The Hall–Kier alpha value is -0.0400. The molecule has 0 heterocycles. The smallest absolute Gasteiger partial charge is 0.00490 e. The molecule has 0 aromatic rings. The lowest BCUT2D eigenvalue weighted by molar-refractivity contribution is 0.445. The van der Waals surface area contributed by atoms with Gasteiger partial charge in [-0.25, -0.2) is 0 Å². The van der Waals surface area contributed by atoms with E-state index < -0.39 is 0 Å². The van der Waals surface area contributed by atoms with Gasteiger partial charge in [0.2, 0.25) is 0 Å². The van der Waals surface area contributed by atoms with Gasteiger partial charge in [0.1, 0.15) is 0 Å². The molecule has 1 unspecified atom stereocenters. The number of rotatable bonds is 13. The van der Waals surface area contributed by atoms with Crippen LogP contribution in [0.1, 0.15) is 90.9 Å². The van der Waals surface area contributed by atoms with Crippen LogP contribution in [0.15, 0.2) is 0 Å². The first-order valence-electron chi connectivity index (χ1n) is 8.05. The lowest BCUT2D eigenvalue weighted by atomic mass is 9.98. The summed E-state index contributed by atoms with van der Waals surface area (Å²) in [5.74, 6) is 0.782. The molecule has 0 aromatic heterocycles. The average molecular weight is 241 g/mol. The molecule has 0 rings (SSSR count). The van der Waals surface area contributed by atoms with Crippen LogP contribution < -0.4 is 5.73 Å². The molecule has 0 bridgehead atoms. The van der Waals surface area contributed by atoms with Crippen LogP contribution in [0.2, 0.25) is 0 Å². The highest BCUT2D eigenvalue weighted by Gasteiger charge is 2.02. The van der Waals surface area contributed by atoms with Crippen molar-refractivity contribution in [3.8, 4) is 0 Å². The highest BCUT2D eigenvalue weighted by atomic mass is 14.5. The van der Waals surface area contributed by atoms with Gasteiger partial charge in [0.15, 0.2) is 0 Å². The molecule has 0 saturated carbocycles. The fourth-order valence-corrected chi connectivity index (χ4v) is 2.41. The Labute approximate surface area is 110 Å². The normalized spacial score (nSPS) is 12.9. The zero-order valence-corrected chi connectivity index (χ0v) is 12.3. The van der Waals surface area contributed by atoms with E-state index in [2.05, 4.69) is 13.8 Å². The molecular formula is C16H35N. The molecule has 0 spiro atoms. The van der Waals surface area contributed by atoms with Gasteiger partial charge >= 0.3 is 0 Å². The Bertz CT molecular complexity index is 129. The molecule has 0 aliphatic rings. The van der Waals surface area contributed by atoms with Crippen LogP contribution in [-0.4, -0.2) is 6.54 Å². The first kappa shape index (κ1) is 17.0. The van der Waals surface area contributed by atoms with Crippen LogP contribution in [-0.2, 0) is 0 Å². The van der Waals surface area contributed by atoms with Crippen molar-refractivity contribution >= 4 is 0 Å². The minimum atomic E-state index is 0.782. The predicted octanol–water partition coefficient (Wildman–Crippen LogP) is 5.28. The second-order valence-electron chi connectivity index (χ2n) is 5.48. The van der Waals surface area contributed by atoms with Gasteiger partial charge < -0.3 is 5.73 Å². The first-order valence-corrected chi connectivity index (χ1v) is 8.05. The minimum absolute atomic E-state index is 0.782. The molecule has 2 N–H and O–H groups in total. The summed E-state index contributed by atoms with van der Waals surface area (Å²) in [6, 6.07) is 0. The molecule has 0 fully saturated rings. The Morgan fingerprint density at radius 1 is 0.706 bits per heavy atom. The maximum absolute atomic E-state index is 5.70. The molecule has 0 aromatic carbocycles. The van der Waals surface area contributed by atoms with E-state index in [0.717, 1.165) is 12.5 Å². The van der Waals surface area contributed by atoms with Gasteiger partial charge in [-0.15, -0.1) is 0 Å². The molecule has 0 amide bonds. The third kappa shape index (κ3) is 12.2. The highest BCUT2D eigenvalue weighted by molar-refractivity contribution is 4.57. The monoisotopic (exact) mass is 241 g/mol. The maximum Gasteiger partial charge on any atom is -0.00490 e. The summed E-state index contributed by atoms with van der Waals surface area (Å²) in [7, 11) is 0. The summed E-state index contributed by atoms with van der Waals surface area (Å²) in [6.07, 6.45) is 16.9. The molecular weight excluding hydrogens is 206 g/mol. The molecule has 1 nitrogen and oxygen atoms in total. The molecule has 0 saturated heterocycles. The fraction of sp³-hybridized carbons (Fsp3) is 1.00. The first-order chi connectivity index (χ1) is 8.35. The second kappa shape index (κ2) is 14.0. The van der Waals surface area contributed by atoms with Crippen LogP contribution >= 0.6 is 0 Å². The van der Waals surface area contributed by atoms with Crippen molar-refractivity contribution in [2.45, 2.75) is 90.9 Å². The Morgan fingerprint density at radius 3 is 1.59 bits per heavy atom. The van der Waals surface area contributed by atoms with Crippen molar-refractivity contribution < 1.29 is 0 Å². The third-order valence-corrected chi connectivity index (χ3v) is 3.88. The topological polar surface area (TPSA) is 26.0 Å². The Kier molecular flexibility index (Phi) is 14.0. The van der Waals surface area contributed by atoms with E-state index in [1.807, 2.05) is 0 Å². The van der Waals surface area contributed by atoms with Gasteiger partial charge in [0.25, 0.3) is 0 Å². The molecule has 104 valence electrons. The molecule has 0 radical (unpaired) electrons. The minimum Gasteiger partial charge on any atom is -0.330 e. The zero-order valence-electron chi connectivity index (χ0n) is 12.3. The number of unbranched alkanes of at least 4 members (excludes halogenated alkanes) is 9. The summed E-state index contributed by atoms with van der Waals surface area (Å²) in [4.78, 5) is 0. The molecule has 0 aliphatic heterocycles. The summed E-state index contributed by atoms with van der Waals surface area (Å²) in [5, 5.41) is 0. The standard InChI is InChI=1S/C16H35N/c1-3-5-6-7-8-9-10-11-12-13-14-16(4-2)15-17/h16H,3-15,17H2,1-2H3. The molecule has 17 heavy (non-hydrogen) atoms. The van der Waals surface area contributed by atoms with E-state index >= 15 is 0 Å². The van der Waals surface area contributed by atoms with Gasteiger partial charge in [0.05, 0.1) is 0 Å². The third-order valence-electron chi connectivity index (χ3n) is 3.88. The maximum atomic E-state index is 5.70. The summed E-state index contributed by atoms with van der Waals surface area (Å²) in [6.45, 7) is 5.42. The van der Waals surface area contributed by atoms with Gasteiger partial charge in [-0.1, -0.05) is 84.5 Å². The molecule has 1 heteroatoms. The van der Waals surface area contributed by atoms with E-state index in [1.54, 1.807) is 0 Å². The van der Waals surface area contributed by atoms with Crippen molar-refractivity contribution in [3.05, 3.63) is 0 Å². The van der Waals surface area contributed by atoms with Gasteiger partial charge in [-0.3, -0.25) is 0 Å². The molecule has 0 aliphatic carbocycles. The van der Waals surface area contributed by atoms with Crippen molar-refractivity contribution in [3.63, 3.8) is 0 Å². The summed E-state index contributed by atoms with van der Waals surface area (Å²) < 4.78 is 0. The average Bonchev–Trinajstić information content (AvgIpc) is 2.36. The van der Waals surface area contributed by atoms with Crippen molar-refractivity contribution in [1.82, 2.24) is 0 Å². The van der Waals surface area contributed by atoms with Crippen LogP contribution in [0.5, 0.6) is 0 Å². The van der Waals surface area contributed by atoms with Gasteiger partial charge in [0, 0.05) is 0 Å². The van der Waals surface area contributed by atoms with E-state index in [4.69, 9.17) is 5.73 Å². The van der Waals surface area contributed by atoms with Gasteiger partial charge in [-0.05, 0) is 18.9 Å². The van der Waals surface area contributed by atoms with Crippen LogP contribution in [0.3, 0.4) is 0 Å². The van der Waals surface area contributed by atoms with Gasteiger partial charge in [-0.2, -0.15) is 0 Å². The van der Waals surface area contributed by atoms with Crippen molar-refractivity contribution in [2.75, 3.05) is 6.54 Å². The zero-order chi connectivity index (χ0) is 12.8. The largest absolute Gasteiger partial charge is 0.330 e. The molecule has 1 atom stereocenters. The van der Waals surface area contributed by atoms with E-state index in [0.29, 0.717) is 0 Å². The number of hydrogen-bond donors (Lipinski definition) is 1. The lowest BCUT2D eigenvalue weighted by Gasteiger charge is -2.11. The van der Waals surface area contributed by atoms with Crippen LogP contribution in [0, 0.1) is 5.92 Å². The lowest BCUT2D eigenvalue weighted by Crippen LogP contribution is -2.13. The van der Waals surface area contributed by atoms with E-state index in [-0.39, 0.29) is 0 Å². The van der Waals surface area contributed by atoms with Crippen molar-refractivity contribution in [1.29, 1.82) is 0 Å². The number of nitrogens with two attached hydrogens (primary N) is 1. The van der Waals surface area contributed by atoms with Crippen molar-refractivity contribution in [2.24, 2.45) is 11.7 Å². The van der Waals surface area contributed by atoms with E-state index in [1.165, 1.54) is 77.0 Å². The second-order valence-corrected chi connectivity index (χ2v) is 5.48. The Balaban J connectivity index is 3.03. The predicted molar refractivity (Wildman–Crippen MR) is 79.3 cm³/mol.